The average Bonchev–Trinajstić information content (AvgIpc) is 2.70. The van der Waals surface area contributed by atoms with Crippen LogP contribution in [0.3, 0.4) is 0 Å². The van der Waals surface area contributed by atoms with Gasteiger partial charge in [0.15, 0.2) is 16.6 Å². The van der Waals surface area contributed by atoms with Crippen molar-refractivity contribution in [2.75, 3.05) is 20.3 Å². The molecule has 2 amide bonds. The zero-order chi connectivity index (χ0) is 21.7. The summed E-state index contributed by atoms with van der Waals surface area (Å²) in [5.74, 6) is 0.768. The summed E-state index contributed by atoms with van der Waals surface area (Å²) in [6.07, 6.45) is 1.46. The monoisotopic (exact) mass is 426 g/mol. The molecule has 1 aliphatic heterocycles. The molecule has 2 N–H and O–H groups in total. The Balaban J connectivity index is 1.66. The van der Waals surface area contributed by atoms with E-state index in [2.05, 4.69) is 10.6 Å². The molecule has 0 bridgehead atoms. The van der Waals surface area contributed by atoms with Crippen LogP contribution in [0.1, 0.15) is 16.7 Å². The molecule has 0 unspecified atom stereocenters. The second-order valence-electron chi connectivity index (χ2n) is 6.62. The third-order valence-electron chi connectivity index (χ3n) is 4.44. The van der Waals surface area contributed by atoms with E-state index in [1.807, 2.05) is 32.0 Å². The maximum atomic E-state index is 12.0. The summed E-state index contributed by atoms with van der Waals surface area (Å²) >= 11 is 4.79. The van der Waals surface area contributed by atoms with E-state index in [0.29, 0.717) is 30.3 Å². The fraction of sp³-hybridized carbons (Fsp3) is 0.227. The molecule has 1 aliphatic rings. The van der Waals surface area contributed by atoms with Crippen molar-refractivity contribution in [2.24, 2.45) is 0 Å². The van der Waals surface area contributed by atoms with Gasteiger partial charge in [0.25, 0.3) is 11.8 Å². The minimum absolute atomic E-state index is 0.00779. The number of hydrogen-bond acceptors (Lipinski definition) is 6. The van der Waals surface area contributed by atoms with Crippen LogP contribution < -0.4 is 24.8 Å². The Morgan fingerprint density at radius 3 is 2.20 bits per heavy atom. The summed E-state index contributed by atoms with van der Waals surface area (Å²) in [7, 11) is 1.52. The summed E-state index contributed by atoms with van der Waals surface area (Å²) < 4.78 is 17.0. The van der Waals surface area contributed by atoms with Gasteiger partial charge in [0, 0.05) is 0 Å². The molecular formula is C22H22N2O5S. The Labute approximate surface area is 180 Å². The molecule has 0 aromatic heterocycles. The van der Waals surface area contributed by atoms with Gasteiger partial charge in [-0.15, -0.1) is 0 Å². The van der Waals surface area contributed by atoms with Crippen molar-refractivity contribution < 1.29 is 23.8 Å². The van der Waals surface area contributed by atoms with Gasteiger partial charge in [-0.2, -0.15) is 0 Å². The van der Waals surface area contributed by atoms with Crippen LogP contribution in [0, 0.1) is 13.8 Å². The first-order chi connectivity index (χ1) is 14.4. The number of amides is 2. The Hall–Kier alpha value is -3.39. The third-order valence-corrected chi connectivity index (χ3v) is 4.64. The lowest BCUT2D eigenvalue weighted by Crippen LogP contribution is -2.51. The highest BCUT2D eigenvalue weighted by Crippen LogP contribution is 2.29. The summed E-state index contributed by atoms with van der Waals surface area (Å²) in [6.45, 7) is 4.70. The number of thiocarbonyl (C=S) groups is 1. The number of rotatable bonds is 7. The van der Waals surface area contributed by atoms with Crippen molar-refractivity contribution in [2.45, 2.75) is 13.8 Å². The van der Waals surface area contributed by atoms with Crippen molar-refractivity contribution in [3.8, 4) is 17.2 Å². The van der Waals surface area contributed by atoms with E-state index in [4.69, 9.17) is 26.4 Å². The molecule has 8 heteroatoms. The van der Waals surface area contributed by atoms with Crippen LogP contribution in [0.2, 0.25) is 0 Å². The normalized spacial score (nSPS) is 13.4. The van der Waals surface area contributed by atoms with Crippen molar-refractivity contribution in [1.82, 2.24) is 10.6 Å². The third kappa shape index (κ3) is 4.96. The maximum absolute atomic E-state index is 12.0. The van der Waals surface area contributed by atoms with Crippen LogP contribution in [-0.2, 0) is 9.59 Å². The van der Waals surface area contributed by atoms with Gasteiger partial charge in [0.2, 0.25) is 0 Å². The lowest BCUT2D eigenvalue weighted by molar-refractivity contribution is -0.123. The topological polar surface area (TPSA) is 85.9 Å². The van der Waals surface area contributed by atoms with Crippen molar-refractivity contribution >= 4 is 35.2 Å². The lowest BCUT2D eigenvalue weighted by atomic mass is 10.1. The molecular weight excluding hydrogens is 404 g/mol. The summed E-state index contributed by atoms with van der Waals surface area (Å²) in [5.41, 5.74) is 2.71. The number of methoxy groups -OCH3 is 1. The molecule has 2 aromatic carbocycles. The molecule has 0 aliphatic carbocycles. The van der Waals surface area contributed by atoms with Crippen molar-refractivity contribution in [3.63, 3.8) is 0 Å². The number of ether oxygens (including phenoxy) is 3. The highest BCUT2D eigenvalue weighted by molar-refractivity contribution is 7.80. The van der Waals surface area contributed by atoms with Crippen LogP contribution in [0.25, 0.3) is 6.08 Å². The zero-order valence-electron chi connectivity index (χ0n) is 16.9. The number of benzene rings is 2. The highest BCUT2D eigenvalue weighted by atomic mass is 32.1. The second-order valence-corrected chi connectivity index (χ2v) is 7.03. The number of carbonyl (C=O) groups is 2. The molecule has 1 fully saturated rings. The second kappa shape index (κ2) is 9.41. The van der Waals surface area contributed by atoms with Gasteiger partial charge in [-0.05, 0) is 61.0 Å². The average molecular weight is 426 g/mol. The van der Waals surface area contributed by atoms with E-state index in [1.165, 1.54) is 13.2 Å². The number of nitrogens with one attached hydrogen (secondary N) is 2. The van der Waals surface area contributed by atoms with Gasteiger partial charge in [-0.1, -0.05) is 24.3 Å². The van der Waals surface area contributed by atoms with E-state index in [9.17, 15) is 9.59 Å². The Bertz CT molecular complexity index is 990. The molecule has 156 valence electrons. The molecule has 3 rings (SSSR count). The first-order valence-corrected chi connectivity index (χ1v) is 9.68. The Morgan fingerprint density at radius 1 is 0.933 bits per heavy atom. The van der Waals surface area contributed by atoms with E-state index in [-0.39, 0.29) is 10.7 Å². The Morgan fingerprint density at radius 2 is 1.57 bits per heavy atom. The predicted octanol–water partition coefficient (Wildman–Crippen LogP) is 2.68. The van der Waals surface area contributed by atoms with Crippen molar-refractivity contribution in [3.05, 3.63) is 58.7 Å². The molecule has 0 atom stereocenters. The number of aryl methyl sites for hydroxylation is 2. The van der Waals surface area contributed by atoms with Gasteiger partial charge >= 0.3 is 0 Å². The lowest BCUT2D eigenvalue weighted by Gasteiger charge is -2.17. The van der Waals surface area contributed by atoms with Crippen LogP contribution >= 0.6 is 12.2 Å². The minimum atomic E-state index is -0.549. The summed E-state index contributed by atoms with van der Waals surface area (Å²) in [4.78, 5) is 24.0. The van der Waals surface area contributed by atoms with E-state index in [1.54, 1.807) is 18.2 Å². The Kier molecular flexibility index (Phi) is 6.68. The van der Waals surface area contributed by atoms with Gasteiger partial charge in [0.1, 0.15) is 24.5 Å². The summed E-state index contributed by atoms with van der Waals surface area (Å²) in [6, 6.07) is 11.1. The highest BCUT2D eigenvalue weighted by Gasteiger charge is 2.25. The molecule has 30 heavy (non-hydrogen) atoms. The van der Waals surface area contributed by atoms with E-state index >= 15 is 0 Å². The minimum Gasteiger partial charge on any atom is -0.493 e. The largest absolute Gasteiger partial charge is 0.493 e. The zero-order valence-corrected chi connectivity index (χ0v) is 17.7. The molecule has 1 heterocycles. The first-order valence-electron chi connectivity index (χ1n) is 9.27. The predicted molar refractivity (Wildman–Crippen MR) is 117 cm³/mol. The van der Waals surface area contributed by atoms with Crippen LogP contribution in [0.5, 0.6) is 17.2 Å². The molecule has 2 aromatic rings. The van der Waals surface area contributed by atoms with E-state index in [0.717, 1.165) is 16.9 Å². The van der Waals surface area contributed by atoms with Crippen LogP contribution in [0.15, 0.2) is 42.0 Å². The van der Waals surface area contributed by atoms with Gasteiger partial charge in [0.05, 0.1) is 7.11 Å². The smallest absolute Gasteiger partial charge is 0.263 e. The van der Waals surface area contributed by atoms with E-state index < -0.39 is 11.8 Å². The van der Waals surface area contributed by atoms with Crippen LogP contribution in [0.4, 0.5) is 0 Å². The fourth-order valence-corrected chi connectivity index (χ4v) is 3.17. The fourth-order valence-electron chi connectivity index (χ4n) is 2.99. The molecule has 1 saturated heterocycles. The standard InChI is InChI=1S/C22H22N2O5S/c1-13-5-4-6-14(2)19(13)29-10-9-28-17-8-7-15(12-18(17)27-3)11-16-20(25)23-22(30)24-21(16)26/h4-8,11-12H,9-10H2,1-3H3,(H2,23,24,25,26,30). The maximum Gasteiger partial charge on any atom is 0.263 e. The molecule has 0 spiro atoms. The molecule has 0 saturated carbocycles. The van der Waals surface area contributed by atoms with Gasteiger partial charge < -0.3 is 14.2 Å². The first kappa shape index (κ1) is 21.3. The SMILES string of the molecule is COc1cc(C=C2C(=O)NC(=S)NC2=O)ccc1OCCOc1c(C)cccc1C. The van der Waals surface area contributed by atoms with Gasteiger partial charge in [-0.25, -0.2) is 0 Å². The molecule has 0 radical (unpaired) electrons. The summed E-state index contributed by atoms with van der Waals surface area (Å²) in [5, 5.41) is 4.79. The van der Waals surface area contributed by atoms with Crippen molar-refractivity contribution in [1.29, 1.82) is 0 Å². The number of carbonyl (C=O) groups excluding carboxylic acids is 2. The number of hydrogen-bond donors (Lipinski definition) is 2. The van der Waals surface area contributed by atoms with Gasteiger partial charge in [-0.3, -0.25) is 20.2 Å². The number of para-hydroxylation sites is 1. The molecule has 7 nitrogen and oxygen atoms in total. The van der Waals surface area contributed by atoms with Crippen LogP contribution in [-0.4, -0.2) is 37.3 Å². The quantitative estimate of drug-likeness (QED) is 0.306.